The van der Waals surface area contributed by atoms with Gasteiger partial charge in [-0.05, 0) is 37.3 Å². The van der Waals surface area contributed by atoms with Crippen molar-refractivity contribution in [2.75, 3.05) is 11.6 Å². The molecule has 1 atom stereocenters. The van der Waals surface area contributed by atoms with Crippen molar-refractivity contribution in [3.63, 3.8) is 0 Å². The van der Waals surface area contributed by atoms with Gasteiger partial charge in [0.2, 0.25) is 5.16 Å². The molecule has 2 heterocycles. The zero-order chi connectivity index (χ0) is 16.9. The Morgan fingerprint density at radius 3 is 2.71 bits per heavy atom. The highest BCUT2D eigenvalue weighted by molar-refractivity contribution is 8.00. The molecule has 0 amide bonds. The number of aromatic nitrogens is 3. The number of furan rings is 1. The average Bonchev–Trinajstić information content (AvgIpc) is 3.15. The van der Waals surface area contributed by atoms with Gasteiger partial charge >= 0.3 is 0 Å². The van der Waals surface area contributed by atoms with E-state index in [1.807, 2.05) is 30.8 Å². The molecule has 0 fully saturated rings. The zero-order valence-corrected chi connectivity index (χ0v) is 15.3. The van der Waals surface area contributed by atoms with Gasteiger partial charge in [-0.15, -0.1) is 22.0 Å². The lowest BCUT2D eigenvalue weighted by atomic mass is 10.2. The number of nitrogens with two attached hydrogens (primary N) is 1. The normalized spacial score (nSPS) is 12.4. The molecule has 1 aromatic carbocycles. The molecular formula is C17H20N4OS2. The summed E-state index contributed by atoms with van der Waals surface area (Å²) >= 11 is 3.52. The van der Waals surface area contributed by atoms with Gasteiger partial charge in [0.25, 0.3) is 0 Å². The Labute approximate surface area is 150 Å². The lowest BCUT2D eigenvalue weighted by Crippen LogP contribution is -2.13. The molecule has 126 valence electrons. The Hall–Kier alpha value is -1.86. The van der Waals surface area contributed by atoms with Crippen molar-refractivity contribution in [1.82, 2.24) is 14.9 Å². The first-order valence-corrected chi connectivity index (χ1v) is 9.61. The molecule has 2 N–H and O–H groups in total. The van der Waals surface area contributed by atoms with Crippen LogP contribution in [-0.4, -0.2) is 25.9 Å². The van der Waals surface area contributed by atoms with Gasteiger partial charge in [0.1, 0.15) is 5.76 Å². The standard InChI is InChI=1S/C17H20N4OS2/c1-12(9-11-23-14-6-4-3-5-7-14)24-17-20-19-16(21(17)18)15-8-10-22-13(15)2/h3-8,10,12H,9,11,18H2,1-2H3. The largest absolute Gasteiger partial charge is 0.469 e. The van der Waals surface area contributed by atoms with Crippen LogP contribution in [0, 0.1) is 6.92 Å². The predicted molar refractivity (Wildman–Crippen MR) is 99.7 cm³/mol. The fourth-order valence-corrected chi connectivity index (χ4v) is 4.35. The summed E-state index contributed by atoms with van der Waals surface area (Å²) in [5.74, 6) is 8.64. The highest BCUT2D eigenvalue weighted by atomic mass is 32.2. The minimum atomic E-state index is 0.408. The molecule has 0 saturated carbocycles. The third-order valence-corrected chi connectivity index (χ3v) is 5.78. The Bertz CT molecular complexity index is 785. The van der Waals surface area contributed by atoms with E-state index in [0.29, 0.717) is 11.1 Å². The summed E-state index contributed by atoms with van der Waals surface area (Å²) in [7, 11) is 0. The minimum Gasteiger partial charge on any atom is -0.469 e. The number of hydrogen-bond donors (Lipinski definition) is 1. The minimum absolute atomic E-state index is 0.408. The number of benzene rings is 1. The van der Waals surface area contributed by atoms with Gasteiger partial charge in [0.05, 0.1) is 11.8 Å². The van der Waals surface area contributed by atoms with E-state index in [4.69, 9.17) is 10.3 Å². The second kappa shape index (κ2) is 7.81. The maximum absolute atomic E-state index is 6.16. The number of nitrogens with zero attached hydrogens (tertiary/aromatic N) is 3. The molecule has 5 nitrogen and oxygen atoms in total. The monoisotopic (exact) mass is 360 g/mol. The number of rotatable bonds is 7. The molecule has 0 aliphatic rings. The highest BCUT2D eigenvalue weighted by Gasteiger charge is 2.17. The fourth-order valence-electron chi connectivity index (χ4n) is 2.26. The first-order chi connectivity index (χ1) is 11.6. The van der Waals surface area contributed by atoms with Gasteiger partial charge in [0, 0.05) is 10.1 Å². The van der Waals surface area contributed by atoms with Crippen LogP contribution in [0.3, 0.4) is 0 Å². The van der Waals surface area contributed by atoms with E-state index >= 15 is 0 Å². The molecule has 3 aromatic rings. The molecule has 0 saturated heterocycles. The van der Waals surface area contributed by atoms with E-state index < -0.39 is 0 Å². The van der Waals surface area contributed by atoms with Crippen molar-refractivity contribution < 1.29 is 4.42 Å². The van der Waals surface area contributed by atoms with Gasteiger partial charge in [-0.2, -0.15) is 0 Å². The molecule has 0 aliphatic heterocycles. The number of aryl methyl sites for hydroxylation is 1. The van der Waals surface area contributed by atoms with E-state index in [0.717, 1.165) is 28.7 Å². The lowest BCUT2D eigenvalue weighted by Gasteiger charge is -2.10. The second-order valence-corrected chi connectivity index (χ2v) is 8.02. The Morgan fingerprint density at radius 2 is 2.00 bits per heavy atom. The van der Waals surface area contributed by atoms with Crippen molar-refractivity contribution in [2.45, 2.75) is 35.6 Å². The van der Waals surface area contributed by atoms with Crippen LogP contribution in [0.1, 0.15) is 19.1 Å². The lowest BCUT2D eigenvalue weighted by molar-refractivity contribution is 0.535. The number of hydrogen-bond acceptors (Lipinski definition) is 6. The molecule has 1 unspecified atom stereocenters. The molecule has 24 heavy (non-hydrogen) atoms. The van der Waals surface area contributed by atoms with E-state index in [9.17, 15) is 0 Å². The molecule has 2 aromatic heterocycles. The highest BCUT2D eigenvalue weighted by Crippen LogP contribution is 2.29. The molecular weight excluding hydrogens is 340 g/mol. The van der Waals surface area contributed by atoms with Crippen molar-refractivity contribution in [1.29, 1.82) is 0 Å². The van der Waals surface area contributed by atoms with Crippen molar-refractivity contribution >= 4 is 23.5 Å². The third kappa shape index (κ3) is 3.96. The maximum atomic E-state index is 6.16. The Kier molecular flexibility index (Phi) is 5.52. The van der Waals surface area contributed by atoms with Crippen LogP contribution in [0.4, 0.5) is 0 Å². The van der Waals surface area contributed by atoms with Crippen LogP contribution in [-0.2, 0) is 0 Å². The van der Waals surface area contributed by atoms with Crippen LogP contribution in [0.5, 0.6) is 0 Å². The van der Waals surface area contributed by atoms with Gasteiger partial charge in [0.15, 0.2) is 5.82 Å². The predicted octanol–water partition coefficient (Wildman–Crippen LogP) is 4.22. The third-order valence-electron chi connectivity index (χ3n) is 3.61. The average molecular weight is 361 g/mol. The first kappa shape index (κ1) is 17.0. The molecule has 0 bridgehead atoms. The van der Waals surface area contributed by atoms with Crippen LogP contribution in [0.15, 0.2) is 57.1 Å². The molecule has 0 spiro atoms. The van der Waals surface area contributed by atoms with Crippen molar-refractivity contribution in [3.8, 4) is 11.4 Å². The van der Waals surface area contributed by atoms with Crippen molar-refractivity contribution in [3.05, 3.63) is 48.4 Å². The molecule has 0 aliphatic carbocycles. The quantitative estimate of drug-likeness (QED) is 0.502. The molecule has 7 heteroatoms. The van der Waals surface area contributed by atoms with Gasteiger partial charge in [-0.1, -0.05) is 36.9 Å². The van der Waals surface area contributed by atoms with Crippen LogP contribution < -0.4 is 5.84 Å². The topological polar surface area (TPSA) is 69.9 Å². The fraction of sp³-hybridized carbons (Fsp3) is 0.294. The first-order valence-electron chi connectivity index (χ1n) is 7.74. The van der Waals surface area contributed by atoms with Crippen LogP contribution >= 0.6 is 23.5 Å². The van der Waals surface area contributed by atoms with Crippen molar-refractivity contribution in [2.24, 2.45) is 0 Å². The zero-order valence-electron chi connectivity index (χ0n) is 13.7. The second-order valence-electron chi connectivity index (χ2n) is 5.45. The summed E-state index contributed by atoms with van der Waals surface area (Å²) in [5, 5.41) is 9.56. The van der Waals surface area contributed by atoms with Gasteiger partial charge in [-0.25, -0.2) is 4.68 Å². The Balaban J connectivity index is 1.56. The number of nitrogen functional groups attached to an aromatic ring is 1. The summed E-state index contributed by atoms with van der Waals surface area (Å²) in [4.78, 5) is 1.30. The van der Waals surface area contributed by atoms with E-state index in [2.05, 4.69) is 41.4 Å². The molecule has 0 radical (unpaired) electrons. The Morgan fingerprint density at radius 1 is 1.21 bits per heavy atom. The van der Waals surface area contributed by atoms with Gasteiger partial charge < -0.3 is 10.3 Å². The summed E-state index contributed by atoms with van der Waals surface area (Å²) in [6.07, 6.45) is 2.70. The van der Waals surface area contributed by atoms with Gasteiger partial charge in [-0.3, -0.25) is 0 Å². The van der Waals surface area contributed by atoms with Crippen LogP contribution in [0.2, 0.25) is 0 Å². The summed E-state index contributed by atoms with van der Waals surface area (Å²) in [5.41, 5.74) is 0.879. The summed E-state index contributed by atoms with van der Waals surface area (Å²) in [6, 6.07) is 12.3. The van der Waals surface area contributed by atoms with Crippen LogP contribution in [0.25, 0.3) is 11.4 Å². The summed E-state index contributed by atoms with van der Waals surface area (Å²) in [6.45, 7) is 4.08. The smallest absolute Gasteiger partial charge is 0.210 e. The van der Waals surface area contributed by atoms with E-state index in [1.54, 1.807) is 22.7 Å². The van der Waals surface area contributed by atoms with E-state index in [-0.39, 0.29) is 0 Å². The maximum Gasteiger partial charge on any atom is 0.210 e. The molecule has 3 rings (SSSR count). The summed E-state index contributed by atoms with van der Waals surface area (Å²) < 4.78 is 6.86. The number of thioether (sulfide) groups is 2. The van der Waals surface area contributed by atoms with E-state index in [1.165, 1.54) is 4.90 Å². The SMILES string of the molecule is Cc1occc1-c1nnc(SC(C)CCSc2ccccc2)n1N.